The van der Waals surface area contributed by atoms with E-state index < -0.39 is 12.0 Å². The number of amides is 2. The van der Waals surface area contributed by atoms with E-state index >= 15 is 0 Å². The van der Waals surface area contributed by atoms with Gasteiger partial charge in [0.2, 0.25) is 11.8 Å². The van der Waals surface area contributed by atoms with Gasteiger partial charge in [0.15, 0.2) is 5.78 Å². The lowest BCUT2D eigenvalue weighted by atomic mass is 9.95. The van der Waals surface area contributed by atoms with E-state index in [-0.39, 0.29) is 23.5 Å². The van der Waals surface area contributed by atoms with E-state index in [4.69, 9.17) is 28.3 Å². The van der Waals surface area contributed by atoms with Crippen molar-refractivity contribution in [3.05, 3.63) is 33.3 Å². The number of thioether (sulfide) groups is 1. The lowest BCUT2D eigenvalue weighted by Gasteiger charge is -2.31. The molecule has 31 heavy (non-hydrogen) atoms. The predicted octanol–water partition coefficient (Wildman–Crippen LogP) is 3.51. The number of Topliss-reactive ketones (excluding diaryl/α,β-unsaturated/α-hetero) is 1. The van der Waals surface area contributed by atoms with Gasteiger partial charge in [-0.15, -0.1) is 11.8 Å². The molecule has 1 saturated heterocycles. The van der Waals surface area contributed by atoms with Crippen LogP contribution in [0.5, 0.6) is 0 Å². The summed E-state index contributed by atoms with van der Waals surface area (Å²) in [6.45, 7) is 2.18. The Labute approximate surface area is 194 Å². The fourth-order valence-corrected chi connectivity index (χ4v) is 5.19. The number of likely N-dealkylation sites (tertiary alicyclic amines) is 1. The zero-order chi connectivity index (χ0) is 22.7. The quantitative estimate of drug-likeness (QED) is 0.619. The van der Waals surface area contributed by atoms with Crippen molar-refractivity contribution in [3.8, 4) is 0 Å². The highest BCUT2D eigenvalue weighted by Gasteiger charge is 2.28. The second kappa shape index (κ2) is 10.1. The summed E-state index contributed by atoms with van der Waals surface area (Å²) < 4.78 is 0. The Morgan fingerprint density at radius 2 is 1.94 bits per heavy atom. The number of halogens is 2. The molecule has 2 aliphatic heterocycles. The summed E-state index contributed by atoms with van der Waals surface area (Å²) in [5, 5.41) is 12.0. The Bertz CT molecular complexity index is 958. The van der Waals surface area contributed by atoms with Crippen LogP contribution in [-0.2, 0) is 14.4 Å². The molecule has 0 aliphatic carbocycles. The van der Waals surface area contributed by atoms with Gasteiger partial charge in [0.05, 0.1) is 10.0 Å². The maximum Gasteiger partial charge on any atom is 0.325 e. The number of carbonyl (C=O) groups is 4. The number of fused-ring (bicyclic) bond motifs is 1. The third-order valence-electron chi connectivity index (χ3n) is 5.38. The number of nitrogens with zero attached hydrogens (tertiary/aromatic N) is 1. The second-order valence-electron chi connectivity index (χ2n) is 7.49. The van der Waals surface area contributed by atoms with Crippen molar-refractivity contribution in [2.24, 2.45) is 5.92 Å². The lowest BCUT2D eigenvalue weighted by Crippen LogP contribution is -2.46. The van der Waals surface area contributed by atoms with Crippen LogP contribution < -0.4 is 5.32 Å². The molecule has 2 amide bonds. The fourth-order valence-electron chi connectivity index (χ4n) is 3.50. The molecule has 0 aromatic heterocycles. The summed E-state index contributed by atoms with van der Waals surface area (Å²) in [7, 11) is 0. The Hall–Kier alpha value is -2.03. The van der Waals surface area contributed by atoms with Crippen LogP contribution in [0.1, 0.15) is 42.1 Å². The van der Waals surface area contributed by atoms with Gasteiger partial charge < -0.3 is 15.3 Å². The van der Waals surface area contributed by atoms with Gasteiger partial charge in [0.1, 0.15) is 6.04 Å². The summed E-state index contributed by atoms with van der Waals surface area (Å²) in [4.78, 5) is 50.1. The number of carboxylic acid groups (broad SMARTS) is 1. The Kier molecular flexibility index (Phi) is 7.67. The van der Waals surface area contributed by atoms with Gasteiger partial charge in [-0.25, -0.2) is 0 Å². The zero-order valence-electron chi connectivity index (χ0n) is 16.8. The van der Waals surface area contributed by atoms with E-state index in [1.807, 2.05) is 0 Å². The summed E-state index contributed by atoms with van der Waals surface area (Å²) in [6, 6.07) is 0.718. The van der Waals surface area contributed by atoms with Crippen LogP contribution in [0.25, 0.3) is 6.08 Å². The third-order valence-corrected chi connectivity index (χ3v) is 7.49. The molecule has 1 aromatic rings. The van der Waals surface area contributed by atoms with E-state index in [1.165, 1.54) is 24.8 Å². The van der Waals surface area contributed by atoms with Gasteiger partial charge in [-0.3, -0.25) is 19.2 Å². The number of benzene rings is 1. The first-order valence-corrected chi connectivity index (χ1v) is 11.6. The van der Waals surface area contributed by atoms with Crippen LogP contribution in [0, 0.1) is 5.92 Å². The van der Waals surface area contributed by atoms with Crippen molar-refractivity contribution in [3.63, 3.8) is 0 Å². The van der Waals surface area contributed by atoms with Gasteiger partial charge in [-0.05, 0) is 37.5 Å². The summed E-state index contributed by atoms with van der Waals surface area (Å²) in [5.74, 6) is -1.29. The molecule has 0 unspecified atom stereocenters. The minimum absolute atomic E-state index is 0.00542. The van der Waals surface area contributed by atoms with Crippen LogP contribution in [0.2, 0.25) is 10.0 Å². The maximum atomic E-state index is 12.6. The van der Waals surface area contributed by atoms with Crippen molar-refractivity contribution >= 4 is 64.6 Å². The molecule has 1 aromatic carbocycles. The minimum atomic E-state index is -1.09. The molecule has 7 nitrogen and oxygen atoms in total. The van der Waals surface area contributed by atoms with Gasteiger partial charge >= 0.3 is 5.97 Å². The number of carboxylic acids is 1. The lowest BCUT2D eigenvalue weighted by molar-refractivity contribution is -0.142. The fraction of sp³-hybridized carbons (Fsp3) is 0.429. The number of carbonyl (C=O) groups excluding carboxylic acids is 3. The molecule has 0 spiro atoms. The molecule has 2 aliphatic rings. The molecule has 166 valence electrons. The van der Waals surface area contributed by atoms with E-state index in [1.54, 1.807) is 17.0 Å². The van der Waals surface area contributed by atoms with Crippen LogP contribution in [-0.4, -0.2) is 58.5 Å². The predicted molar refractivity (Wildman–Crippen MR) is 120 cm³/mol. The molecule has 0 bridgehead atoms. The molecule has 3 rings (SSSR count). The van der Waals surface area contributed by atoms with Crippen LogP contribution in [0.3, 0.4) is 0 Å². The number of aliphatic carboxylic acids is 1. The number of nitrogens with one attached hydrogen (secondary N) is 1. The van der Waals surface area contributed by atoms with Crippen molar-refractivity contribution in [2.75, 3.05) is 18.8 Å². The molecule has 1 atom stereocenters. The van der Waals surface area contributed by atoms with Crippen molar-refractivity contribution in [1.29, 1.82) is 0 Å². The number of hydrogen-bond donors (Lipinski definition) is 2. The van der Waals surface area contributed by atoms with Gasteiger partial charge in [-0.2, -0.15) is 0 Å². The average Bonchev–Trinajstić information content (AvgIpc) is 2.75. The second-order valence-corrected chi connectivity index (χ2v) is 9.35. The molecule has 2 N–H and O–H groups in total. The normalized spacial score (nSPS) is 18.0. The number of piperidine rings is 1. The molecule has 0 saturated carbocycles. The molecule has 1 fully saturated rings. The monoisotopic (exact) mass is 484 g/mol. The minimum Gasteiger partial charge on any atom is -0.480 e. The largest absolute Gasteiger partial charge is 0.480 e. The summed E-state index contributed by atoms with van der Waals surface area (Å²) >= 11 is 14.2. The van der Waals surface area contributed by atoms with Crippen LogP contribution in [0.4, 0.5) is 0 Å². The van der Waals surface area contributed by atoms with E-state index in [9.17, 15) is 19.2 Å². The van der Waals surface area contributed by atoms with Crippen LogP contribution >= 0.6 is 35.0 Å². The maximum absolute atomic E-state index is 12.6. The topological polar surface area (TPSA) is 104 Å². The van der Waals surface area contributed by atoms with Crippen molar-refractivity contribution in [1.82, 2.24) is 10.2 Å². The molecule has 0 radical (unpaired) electrons. The highest BCUT2D eigenvalue weighted by atomic mass is 35.5. The number of hydrogen-bond acceptors (Lipinski definition) is 5. The van der Waals surface area contributed by atoms with Gasteiger partial charge in [-0.1, -0.05) is 23.2 Å². The zero-order valence-corrected chi connectivity index (χ0v) is 19.1. The highest BCUT2D eigenvalue weighted by Crippen LogP contribution is 2.42. The van der Waals surface area contributed by atoms with Crippen LogP contribution in [0.15, 0.2) is 17.0 Å². The van der Waals surface area contributed by atoms with E-state index in [0.29, 0.717) is 64.2 Å². The Morgan fingerprint density at radius 3 is 2.58 bits per heavy atom. The Balaban J connectivity index is 1.62. The van der Waals surface area contributed by atoms with Gasteiger partial charge in [0.25, 0.3) is 0 Å². The summed E-state index contributed by atoms with van der Waals surface area (Å²) in [5.41, 5.74) is 1.03. The van der Waals surface area contributed by atoms with Crippen molar-refractivity contribution < 1.29 is 24.3 Å². The highest BCUT2D eigenvalue weighted by molar-refractivity contribution is 7.99. The average molecular weight is 485 g/mol. The summed E-state index contributed by atoms with van der Waals surface area (Å²) in [6.07, 6.45) is 4.28. The first-order valence-electron chi connectivity index (χ1n) is 9.87. The van der Waals surface area contributed by atoms with Crippen molar-refractivity contribution in [2.45, 2.75) is 37.1 Å². The standard InChI is InChI=1S/C21H22Cl2N2O5S/c1-11(21(29)30)24-20(28)12-4-7-25(8-5-12)16(27)3-2-13-10-14-15(26)6-9-31-19(14)18(23)17(13)22/h2-3,10-12H,4-9H2,1H3,(H,24,28)(H,29,30)/b3-2+/t11-/m0/s1. The third kappa shape index (κ3) is 5.42. The number of rotatable bonds is 5. The SMILES string of the molecule is C[C@H](NC(=O)C1CCN(C(=O)/C=C/c2cc3c(c(Cl)c2Cl)SCCC3=O)CC1)C(=O)O. The van der Waals surface area contributed by atoms with Gasteiger partial charge in [0, 0.05) is 47.7 Å². The Morgan fingerprint density at radius 1 is 1.26 bits per heavy atom. The molecule has 10 heteroatoms. The van der Waals surface area contributed by atoms with E-state index in [2.05, 4.69) is 5.32 Å². The first kappa shape index (κ1) is 23.6. The molecular formula is C21H22Cl2N2O5S. The molecule has 2 heterocycles. The first-order chi connectivity index (χ1) is 14.7. The van der Waals surface area contributed by atoms with E-state index in [0.717, 1.165) is 0 Å². The molecular weight excluding hydrogens is 463 g/mol. The smallest absolute Gasteiger partial charge is 0.325 e. The number of ketones is 1.